The van der Waals surface area contributed by atoms with Crippen LogP contribution in [0, 0.1) is 17.8 Å². The Morgan fingerprint density at radius 2 is 1.55 bits per heavy atom. The van der Waals surface area contributed by atoms with Crippen molar-refractivity contribution in [2.24, 2.45) is 17.8 Å². The van der Waals surface area contributed by atoms with Crippen molar-refractivity contribution in [1.29, 1.82) is 0 Å². The minimum atomic E-state index is -1.07. The van der Waals surface area contributed by atoms with E-state index in [0.29, 0.717) is 25.7 Å². The van der Waals surface area contributed by atoms with Gasteiger partial charge in [0, 0.05) is 31.3 Å². The van der Waals surface area contributed by atoms with E-state index < -0.39 is 36.5 Å². The molecule has 53 heavy (non-hydrogen) atoms. The normalized spacial score (nSPS) is 24.7. The highest BCUT2D eigenvalue weighted by atomic mass is 16.5. The first-order chi connectivity index (χ1) is 24.8. The van der Waals surface area contributed by atoms with Crippen LogP contribution in [0.4, 0.5) is 0 Å². The second kappa shape index (κ2) is 25.1. The molecule has 0 fully saturated rings. The molecule has 0 aromatic heterocycles. The number of rotatable bonds is 17. The van der Waals surface area contributed by atoms with Crippen molar-refractivity contribution in [3.8, 4) is 0 Å². The van der Waals surface area contributed by atoms with Gasteiger partial charge in [-0.1, -0.05) is 97.2 Å². The summed E-state index contributed by atoms with van der Waals surface area (Å²) in [5, 5.41) is 49.4. The summed E-state index contributed by atoms with van der Waals surface area (Å²) in [5.74, 6) is -0.659. The maximum atomic E-state index is 12.9. The molecule has 9 nitrogen and oxygen atoms in total. The number of allylic oxidation sites excluding steroid dienone is 10. The summed E-state index contributed by atoms with van der Waals surface area (Å²) < 4.78 is 11.9. The molecular weight excluding hydrogens is 672 g/mol. The Kier molecular flexibility index (Phi) is 22.7. The molecule has 10 atom stereocenters. The Bertz CT molecular complexity index is 1350. The molecule has 5 N–H and O–H groups in total. The number of cyclic esters (lactones) is 1. The fourth-order valence-corrected chi connectivity index (χ4v) is 6.52. The summed E-state index contributed by atoms with van der Waals surface area (Å²) in [6, 6.07) is 0. The van der Waals surface area contributed by atoms with Gasteiger partial charge in [0.1, 0.15) is 12.2 Å². The fraction of sp³-hybridized carbons (Fsp3) is 0.636. The summed E-state index contributed by atoms with van der Waals surface area (Å²) in [5.41, 5.74) is 4.84. The van der Waals surface area contributed by atoms with E-state index in [1.54, 1.807) is 26.0 Å². The number of aliphatic hydroxyl groups is 5. The minimum Gasteiger partial charge on any atom is -0.462 e. The molecule has 300 valence electrons. The van der Waals surface area contributed by atoms with Crippen molar-refractivity contribution in [1.82, 2.24) is 0 Å². The maximum absolute atomic E-state index is 12.9. The molecule has 1 aliphatic heterocycles. The van der Waals surface area contributed by atoms with E-state index >= 15 is 0 Å². The predicted octanol–water partition coefficient (Wildman–Crippen LogP) is 7.54. The number of carbonyl (C=O) groups is 2. The lowest BCUT2D eigenvalue weighted by molar-refractivity contribution is -0.152. The van der Waals surface area contributed by atoms with Crippen molar-refractivity contribution >= 4 is 11.9 Å². The van der Waals surface area contributed by atoms with Crippen LogP contribution in [0.15, 0.2) is 82.5 Å². The zero-order chi connectivity index (χ0) is 40.2. The smallest absolute Gasteiger partial charge is 0.331 e. The van der Waals surface area contributed by atoms with Gasteiger partial charge in [0.15, 0.2) is 0 Å². The van der Waals surface area contributed by atoms with Crippen molar-refractivity contribution in [2.45, 2.75) is 163 Å². The van der Waals surface area contributed by atoms with Crippen LogP contribution < -0.4 is 0 Å². The van der Waals surface area contributed by atoms with Gasteiger partial charge in [0.25, 0.3) is 0 Å². The molecule has 0 bridgehead atoms. The summed E-state index contributed by atoms with van der Waals surface area (Å²) in [4.78, 5) is 25.9. The lowest BCUT2D eigenvalue weighted by Gasteiger charge is -2.27. The van der Waals surface area contributed by atoms with Crippen LogP contribution in [0.1, 0.15) is 121 Å². The van der Waals surface area contributed by atoms with E-state index in [0.717, 1.165) is 40.7 Å². The predicted molar refractivity (Wildman–Crippen MR) is 213 cm³/mol. The van der Waals surface area contributed by atoms with Crippen molar-refractivity contribution in [2.75, 3.05) is 0 Å². The van der Waals surface area contributed by atoms with E-state index in [4.69, 9.17) is 9.47 Å². The van der Waals surface area contributed by atoms with Gasteiger partial charge in [-0.2, -0.15) is 0 Å². The van der Waals surface area contributed by atoms with Crippen LogP contribution in [-0.4, -0.2) is 80.2 Å². The van der Waals surface area contributed by atoms with Gasteiger partial charge in [-0.3, -0.25) is 4.79 Å². The number of carbonyl (C=O) groups excluding carboxylic acids is 2. The quantitative estimate of drug-likeness (QED) is 0.0440. The summed E-state index contributed by atoms with van der Waals surface area (Å²) in [6.45, 7) is 19.1. The van der Waals surface area contributed by atoms with Crippen molar-refractivity contribution in [3.63, 3.8) is 0 Å². The van der Waals surface area contributed by atoms with Crippen LogP contribution in [0.3, 0.4) is 0 Å². The van der Waals surface area contributed by atoms with Gasteiger partial charge >= 0.3 is 11.9 Å². The minimum absolute atomic E-state index is 0.0587. The van der Waals surface area contributed by atoms with Crippen LogP contribution in [0.5, 0.6) is 0 Å². The summed E-state index contributed by atoms with van der Waals surface area (Å²) in [7, 11) is 0. The number of esters is 2. The highest BCUT2D eigenvalue weighted by molar-refractivity contribution is 5.82. The molecular formula is C44H70O9. The molecule has 0 aromatic rings. The largest absolute Gasteiger partial charge is 0.462 e. The van der Waals surface area contributed by atoms with Crippen LogP contribution in [0.2, 0.25) is 0 Å². The molecule has 1 rings (SSSR count). The van der Waals surface area contributed by atoms with Crippen molar-refractivity contribution < 1.29 is 44.6 Å². The molecule has 0 saturated heterocycles. The first kappa shape index (κ1) is 47.9. The highest BCUT2D eigenvalue weighted by Gasteiger charge is 2.26. The molecule has 0 aliphatic carbocycles. The lowest BCUT2D eigenvalue weighted by atomic mass is 9.89. The van der Waals surface area contributed by atoms with Crippen LogP contribution in [-0.2, 0) is 19.1 Å². The maximum Gasteiger partial charge on any atom is 0.331 e. The Balaban J connectivity index is 2.86. The van der Waals surface area contributed by atoms with E-state index in [1.165, 1.54) is 6.08 Å². The molecule has 1 heterocycles. The van der Waals surface area contributed by atoms with Gasteiger partial charge in [-0.05, 0) is 92.4 Å². The second-order valence-corrected chi connectivity index (χ2v) is 15.6. The van der Waals surface area contributed by atoms with Crippen molar-refractivity contribution in [3.05, 3.63) is 82.5 Å². The first-order valence-electron chi connectivity index (χ1n) is 19.3. The standard InChI is InChI=1S/C44H70O9/c1-28(13-11-14-29(2)25-39(48)40(49)27-37(10)46)21-30(3)18-20-44(51)52-41-15-12-16-43(50)53-42(19-17-31(4)22-34(41)7)35(8)24-32(5)23-33(6)38(47)26-36(9)45/h11,13-14,17-18,20-21,23,25,33-42,45-49H,12,15-16,19,22,24,26-27H2,1-10H3. The first-order valence-corrected chi connectivity index (χ1v) is 19.3. The van der Waals surface area contributed by atoms with Gasteiger partial charge in [0.05, 0.1) is 30.5 Å². The molecule has 0 saturated carbocycles. The lowest BCUT2D eigenvalue weighted by Crippen LogP contribution is -2.28. The topological polar surface area (TPSA) is 154 Å². The van der Waals surface area contributed by atoms with Gasteiger partial charge < -0.3 is 35.0 Å². The van der Waals surface area contributed by atoms with Crippen LogP contribution in [0.25, 0.3) is 0 Å². The molecule has 0 amide bonds. The molecule has 9 heteroatoms. The average Bonchev–Trinajstić information content (AvgIpc) is 3.03. The number of hydrogen-bond acceptors (Lipinski definition) is 9. The Labute approximate surface area is 319 Å². The van der Waals surface area contributed by atoms with Gasteiger partial charge in [-0.25, -0.2) is 4.79 Å². The SMILES string of the molecule is CC(=CC=CC(C)=CC(O)C(O)CC(C)O)C=C(C)C=CC(=O)OC1CCCC(=O)OC(C(C)CC(C)=CC(C)C(O)CC(C)O)CC=C(C)CC1C. The third-order valence-electron chi connectivity index (χ3n) is 9.48. The summed E-state index contributed by atoms with van der Waals surface area (Å²) >= 11 is 0. The number of ether oxygens (including phenoxy) is 2. The average molecular weight is 743 g/mol. The van der Waals surface area contributed by atoms with Gasteiger partial charge in [-0.15, -0.1) is 0 Å². The van der Waals surface area contributed by atoms with E-state index in [-0.39, 0.29) is 48.8 Å². The molecule has 0 radical (unpaired) electrons. The third-order valence-corrected chi connectivity index (χ3v) is 9.48. The second-order valence-electron chi connectivity index (χ2n) is 15.6. The Hall–Kier alpha value is -3.08. The molecule has 1 aliphatic rings. The van der Waals surface area contributed by atoms with Crippen LogP contribution >= 0.6 is 0 Å². The molecule has 0 aromatic carbocycles. The third kappa shape index (κ3) is 21.4. The highest BCUT2D eigenvalue weighted by Crippen LogP contribution is 2.27. The Morgan fingerprint density at radius 1 is 0.906 bits per heavy atom. The van der Waals surface area contributed by atoms with E-state index in [2.05, 4.69) is 26.8 Å². The molecule has 10 unspecified atom stereocenters. The Morgan fingerprint density at radius 3 is 2.19 bits per heavy atom. The fourth-order valence-electron chi connectivity index (χ4n) is 6.52. The zero-order valence-electron chi connectivity index (χ0n) is 34.0. The number of hydrogen-bond donors (Lipinski definition) is 5. The van der Waals surface area contributed by atoms with E-state index in [9.17, 15) is 35.1 Å². The number of aliphatic hydroxyl groups excluding tert-OH is 5. The van der Waals surface area contributed by atoms with E-state index in [1.807, 2.05) is 65.0 Å². The monoisotopic (exact) mass is 743 g/mol. The zero-order valence-corrected chi connectivity index (χ0v) is 34.0. The molecule has 0 spiro atoms. The summed E-state index contributed by atoms with van der Waals surface area (Å²) in [6.07, 6.45) is 15.5. The van der Waals surface area contributed by atoms with Gasteiger partial charge in [0.2, 0.25) is 0 Å².